The van der Waals surface area contributed by atoms with E-state index in [1.807, 2.05) is 30.3 Å². The molecule has 39 heavy (non-hydrogen) atoms. The van der Waals surface area contributed by atoms with Gasteiger partial charge in [-0.2, -0.15) is 0 Å². The van der Waals surface area contributed by atoms with Gasteiger partial charge >= 0.3 is 0 Å². The quantitative estimate of drug-likeness (QED) is 0.175. The maximum atomic E-state index is 13.8. The Morgan fingerprint density at radius 3 is 1.56 bits per heavy atom. The Morgan fingerprint density at radius 1 is 0.538 bits per heavy atom. The van der Waals surface area contributed by atoms with Gasteiger partial charge in [0.1, 0.15) is 0 Å². The molecule has 0 fully saturated rings. The summed E-state index contributed by atoms with van der Waals surface area (Å²) in [5.74, 6) is 0. The van der Waals surface area contributed by atoms with Gasteiger partial charge in [0.2, 0.25) is 0 Å². The van der Waals surface area contributed by atoms with Crippen molar-refractivity contribution in [2.75, 3.05) is 0 Å². The van der Waals surface area contributed by atoms with E-state index in [1.165, 1.54) is 32.3 Å². The molecular weight excluding hydrogens is 474 g/mol. The average molecular weight is 500 g/mol. The molecule has 1 heterocycles. The smallest absolute Gasteiger partial charge is 0.263 e. The van der Waals surface area contributed by atoms with Gasteiger partial charge in [0.05, 0.1) is 5.52 Å². The third kappa shape index (κ3) is 3.46. The van der Waals surface area contributed by atoms with Crippen LogP contribution in [-0.4, -0.2) is 4.57 Å². The van der Waals surface area contributed by atoms with Gasteiger partial charge < -0.3 is 0 Å². The van der Waals surface area contributed by atoms with Crippen molar-refractivity contribution in [1.82, 2.24) is 4.57 Å². The molecule has 0 bridgehead atoms. The van der Waals surface area contributed by atoms with Crippen LogP contribution in [-0.2, 0) is 0 Å². The molecule has 0 atom stereocenters. The molecule has 7 rings (SSSR count). The number of allylic oxidation sites excluding steroid dienone is 4. The predicted molar refractivity (Wildman–Crippen MR) is 168 cm³/mol. The molecule has 0 N–H and O–H groups in total. The van der Waals surface area contributed by atoms with Crippen molar-refractivity contribution in [1.29, 1.82) is 0 Å². The fourth-order valence-corrected chi connectivity index (χ4v) is 5.96. The van der Waals surface area contributed by atoms with Gasteiger partial charge in [-0.1, -0.05) is 104 Å². The second kappa shape index (κ2) is 8.97. The maximum Gasteiger partial charge on any atom is 0.263 e. The number of fused-ring (bicyclic) bond motifs is 9. The largest absolute Gasteiger partial charge is 0.276 e. The Kier molecular flexibility index (Phi) is 5.28. The molecule has 0 amide bonds. The number of pyridine rings is 1. The van der Waals surface area contributed by atoms with Crippen LogP contribution in [0.2, 0.25) is 0 Å². The summed E-state index contributed by atoms with van der Waals surface area (Å²) in [4.78, 5) is 13.8. The van der Waals surface area contributed by atoms with E-state index in [0.29, 0.717) is 11.1 Å². The topological polar surface area (TPSA) is 22.0 Å². The minimum Gasteiger partial charge on any atom is -0.276 e. The van der Waals surface area contributed by atoms with Gasteiger partial charge in [-0.05, 0) is 85.2 Å². The summed E-state index contributed by atoms with van der Waals surface area (Å²) in [5, 5.41) is 10.1. The van der Waals surface area contributed by atoms with Crippen molar-refractivity contribution in [3.8, 4) is 11.1 Å². The van der Waals surface area contributed by atoms with E-state index in [2.05, 4.69) is 98.1 Å². The first-order valence-electron chi connectivity index (χ1n) is 13.1. The SMILES string of the molecule is C=C/C=C(\C=C)n1c(=O)c2ccc(-c3ccc4c5ccccc5c5ccccc5c4c3)cc2c2ccccc21. The van der Waals surface area contributed by atoms with Crippen LogP contribution in [0.25, 0.3) is 70.8 Å². The second-order valence-electron chi connectivity index (χ2n) is 9.80. The Morgan fingerprint density at radius 2 is 1.00 bits per heavy atom. The van der Waals surface area contributed by atoms with E-state index in [9.17, 15) is 4.79 Å². The van der Waals surface area contributed by atoms with Gasteiger partial charge in [-0.3, -0.25) is 9.36 Å². The molecule has 0 saturated carbocycles. The van der Waals surface area contributed by atoms with Crippen molar-refractivity contribution < 1.29 is 0 Å². The monoisotopic (exact) mass is 499 g/mol. The van der Waals surface area contributed by atoms with Crippen LogP contribution in [0.1, 0.15) is 0 Å². The van der Waals surface area contributed by atoms with E-state index in [4.69, 9.17) is 0 Å². The minimum atomic E-state index is -0.0702. The minimum absolute atomic E-state index is 0.0702. The van der Waals surface area contributed by atoms with Gasteiger partial charge in [-0.25, -0.2) is 0 Å². The van der Waals surface area contributed by atoms with Crippen LogP contribution in [0.15, 0.2) is 145 Å². The fourth-order valence-electron chi connectivity index (χ4n) is 5.96. The summed E-state index contributed by atoms with van der Waals surface area (Å²) >= 11 is 0. The first kappa shape index (κ1) is 22.9. The van der Waals surface area contributed by atoms with Gasteiger partial charge in [0, 0.05) is 16.5 Å². The molecule has 0 aliphatic heterocycles. The lowest BCUT2D eigenvalue weighted by molar-refractivity contribution is 1.10. The lowest BCUT2D eigenvalue weighted by Crippen LogP contribution is -2.19. The molecule has 1 aromatic heterocycles. The summed E-state index contributed by atoms with van der Waals surface area (Å²) in [7, 11) is 0. The third-order valence-corrected chi connectivity index (χ3v) is 7.72. The van der Waals surface area contributed by atoms with Crippen LogP contribution in [0.3, 0.4) is 0 Å². The molecule has 0 aliphatic rings. The normalized spacial score (nSPS) is 12.1. The van der Waals surface area contributed by atoms with Crippen LogP contribution in [0, 0.1) is 0 Å². The number of aromatic nitrogens is 1. The number of para-hydroxylation sites is 1. The van der Waals surface area contributed by atoms with E-state index >= 15 is 0 Å². The highest BCUT2D eigenvalue weighted by Gasteiger charge is 2.14. The number of nitrogens with zero attached hydrogens (tertiary/aromatic N) is 1. The van der Waals surface area contributed by atoms with E-state index in [1.54, 1.807) is 16.7 Å². The summed E-state index contributed by atoms with van der Waals surface area (Å²) in [6.07, 6.45) is 5.18. The number of rotatable bonds is 4. The molecule has 0 radical (unpaired) electrons. The highest BCUT2D eigenvalue weighted by atomic mass is 16.1. The highest BCUT2D eigenvalue weighted by molar-refractivity contribution is 6.25. The Bertz CT molecular complexity index is 2190. The third-order valence-electron chi connectivity index (χ3n) is 7.72. The number of benzene rings is 6. The summed E-state index contributed by atoms with van der Waals surface area (Å²) in [5.41, 5.74) is 3.67. The Hall–Kier alpha value is -5.21. The van der Waals surface area contributed by atoms with Crippen LogP contribution >= 0.6 is 0 Å². The molecule has 0 saturated heterocycles. The zero-order valence-electron chi connectivity index (χ0n) is 21.4. The van der Waals surface area contributed by atoms with Gasteiger partial charge in [0.25, 0.3) is 5.56 Å². The van der Waals surface area contributed by atoms with Crippen LogP contribution in [0.5, 0.6) is 0 Å². The first-order valence-corrected chi connectivity index (χ1v) is 13.1. The van der Waals surface area contributed by atoms with Crippen molar-refractivity contribution in [2.24, 2.45) is 0 Å². The van der Waals surface area contributed by atoms with E-state index in [-0.39, 0.29) is 5.56 Å². The molecule has 2 nitrogen and oxygen atoms in total. The van der Waals surface area contributed by atoms with Crippen molar-refractivity contribution in [2.45, 2.75) is 0 Å². The summed E-state index contributed by atoms with van der Waals surface area (Å²) in [6.45, 7) is 7.74. The number of hydrogen-bond acceptors (Lipinski definition) is 1. The van der Waals surface area contributed by atoms with Crippen molar-refractivity contribution in [3.63, 3.8) is 0 Å². The summed E-state index contributed by atoms with van der Waals surface area (Å²) < 4.78 is 1.72. The lowest BCUT2D eigenvalue weighted by Gasteiger charge is -2.15. The lowest BCUT2D eigenvalue weighted by atomic mass is 9.91. The Balaban J connectivity index is 1.52. The Labute approximate surface area is 226 Å². The maximum absolute atomic E-state index is 13.8. The van der Waals surface area contributed by atoms with Crippen molar-refractivity contribution in [3.05, 3.63) is 151 Å². The molecular formula is C37H25NO. The average Bonchev–Trinajstić information content (AvgIpc) is 3.00. The predicted octanol–water partition coefficient (Wildman–Crippen LogP) is 9.49. The fraction of sp³-hybridized carbons (Fsp3) is 0. The van der Waals surface area contributed by atoms with Gasteiger partial charge in [-0.15, -0.1) is 0 Å². The van der Waals surface area contributed by atoms with E-state index in [0.717, 1.165) is 27.4 Å². The highest BCUT2D eigenvalue weighted by Crippen LogP contribution is 2.37. The zero-order chi connectivity index (χ0) is 26.5. The number of hydrogen-bond donors (Lipinski definition) is 0. The van der Waals surface area contributed by atoms with Crippen LogP contribution in [0.4, 0.5) is 0 Å². The molecule has 7 aromatic rings. The molecule has 2 heteroatoms. The summed E-state index contributed by atoms with van der Waals surface area (Å²) in [6, 6.07) is 38.1. The standard InChI is InChI=1S/C37H25NO/c1-3-11-26(4-2)38-36-17-10-9-16-32(36)35-23-25(19-21-33(35)37(38)39)24-18-20-31-29-14-6-5-12-27(29)28-13-7-8-15-30(28)34(31)22-24/h3-23H,1-2H2/b26-11+. The van der Waals surface area contributed by atoms with Crippen molar-refractivity contribution >= 4 is 59.7 Å². The van der Waals surface area contributed by atoms with Crippen LogP contribution < -0.4 is 5.56 Å². The zero-order valence-corrected chi connectivity index (χ0v) is 21.4. The second-order valence-corrected chi connectivity index (χ2v) is 9.80. The molecule has 0 spiro atoms. The molecule has 184 valence electrons. The van der Waals surface area contributed by atoms with E-state index < -0.39 is 0 Å². The molecule has 6 aromatic carbocycles. The van der Waals surface area contributed by atoms with Gasteiger partial charge in [0.15, 0.2) is 0 Å². The molecule has 0 unspecified atom stereocenters. The molecule has 0 aliphatic carbocycles. The first-order chi connectivity index (χ1) is 19.2.